The molecule has 1 aliphatic heterocycles. The predicted octanol–water partition coefficient (Wildman–Crippen LogP) is 1.98. The smallest absolute Gasteiger partial charge is 0.260 e. The third kappa shape index (κ3) is 3.39. The van der Waals surface area contributed by atoms with E-state index >= 15 is 0 Å². The molecule has 2 N–H and O–H groups in total. The van der Waals surface area contributed by atoms with Gasteiger partial charge in [0.05, 0.1) is 0 Å². The van der Waals surface area contributed by atoms with E-state index in [-0.39, 0.29) is 18.6 Å². The van der Waals surface area contributed by atoms with E-state index in [1.165, 1.54) is 0 Å². The molecule has 1 atom stereocenters. The predicted molar refractivity (Wildman–Crippen MR) is 75.5 cm³/mol. The average Bonchev–Trinajstić information content (AvgIpc) is 2.85. The van der Waals surface area contributed by atoms with Crippen molar-refractivity contribution in [2.75, 3.05) is 19.7 Å². The van der Waals surface area contributed by atoms with Gasteiger partial charge in [0.25, 0.3) is 5.91 Å². The molecule has 1 fully saturated rings. The molecule has 0 aromatic heterocycles. The van der Waals surface area contributed by atoms with Crippen LogP contribution in [0.4, 0.5) is 0 Å². The van der Waals surface area contributed by atoms with Gasteiger partial charge in [-0.1, -0.05) is 11.6 Å². The molecular weight excluding hydrogens is 264 g/mol. The molecule has 1 aromatic rings. The van der Waals surface area contributed by atoms with E-state index in [1.54, 1.807) is 12.1 Å². The molecule has 1 unspecified atom stereocenters. The lowest BCUT2D eigenvalue weighted by molar-refractivity contribution is -0.134. The molecule has 0 aliphatic carbocycles. The summed E-state index contributed by atoms with van der Waals surface area (Å²) < 4.78 is 5.57. The maximum atomic E-state index is 12.1. The van der Waals surface area contributed by atoms with Gasteiger partial charge in [0.1, 0.15) is 5.75 Å². The number of likely N-dealkylation sites (tertiary alicyclic amines) is 1. The summed E-state index contributed by atoms with van der Waals surface area (Å²) in [5.41, 5.74) is 6.59. The molecule has 0 radical (unpaired) electrons. The molecule has 19 heavy (non-hydrogen) atoms. The number of nitrogens with zero attached hydrogens (tertiary/aromatic N) is 1. The second-order valence-electron chi connectivity index (χ2n) is 4.82. The summed E-state index contributed by atoms with van der Waals surface area (Å²) in [4.78, 5) is 13.9. The number of aryl methyl sites for hydroxylation is 1. The Kier molecular flexibility index (Phi) is 4.66. The van der Waals surface area contributed by atoms with Gasteiger partial charge in [0.2, 0.25) is 0 Å². The number of carbonyl (C=O) groups is 1. The lowest BCUT2D eigenvalue weighted by Crippen LogP contribution is -2.42. The zero-order chi connectivity index (χ0) is 13.8. The summed E-state index contributed by atoms with van der Waals surface area (Å²) in [6, 6.07) is 5.53. The molecule has 0 saturated carbocycles. The van der Waals surface area contributed by atoms with Gasteiger partial charge >= 0.3 is 0 Å². The number of halogens is 1. The van der Waals surface area contributed by atoms with Crippen LogP contribution in [0.15, 0.2) is 18.2 Å². The molecule has 1 aliphatic rings. The summed E-state index contributed by atoms with van der Waals surface area (Å²) in [7, 11) is 0. The normalized spacial score (nSPS) is 18.7. The summed E-state index contributed by atoms with van der Waals surface area (Å²) in [5, 5.41) is 0.666. The molecule has 1 aromatic carbocycles. The van der Waals surface area contributed by atoms with Crippen LogP contribution < -0.4 is 10.5 Å². The number of rotatable bonds is 4. The minimum Gasteiger partial charge on any atom is -0.483 e. The standard InChI is InChI=1S/C14H19ClN2O2/c1-10-7-11(15)4-5-13(10)19-9-14(18)17-6-2-3-12(17)8-16/h4-5,7,12H,2-3,6,8-9,16H2,1H3. The fourth-order valence-electron chi connectivity index (χ4n) is 2.41. The highest BCUT2D eigenvalue weighted by molar-refractivity contribution is 6.30. The van der Waals surface area contributed by atoms with E-state index in [0.717, 1.165) is 24.9 Å². The minimum absolute atomic E-state index is 0.00213. The third-order valence-electron chi connectivity index (χ3n) is 3.46. The maximum Gasteiger partial charge on any atom is 0.260 e. The van der Waals surface area contributed by atoms with Crippen molar-refractivity contribution in [2.45, 2.75) is 25.8 Å². The Labute approximate surface area is 118 Å². The van der Waals surface area contributed by atoms with E-state index in [1.807, 2.05) is 17.9 Å². The van der Waals surface area contributed by atoms with E-state index in [2.05, 4.69) is 0 Å². The van der Waals surface area contributed by atoms with Crippen LogP contribution in [0.1, 0.15) is 18.4 Å². The molecule has 104 valence electrons. The van der Waals surface area contributed by atoms with Gasteiger partial charge in [0, 0.05) is 24.2 Å². The van der Waals surface area contributed by atoms with E-state index < -0.39 is 0 Å². The van der Waals surface area contributed by atoms with Crippen molar-refractivity contribution in [2.24, 2.45) is 5.73 Å². The van der Waals surface area contributed by atoms with Crippen molar-refractivity contribution < 1.29 is 9.53 Å². The Morgan fingerprint density at radius 3 is 3.05 bits per heavy atom. The van der Waals surface area contributed by atoms with Gasteiger partial charge in [-0.15, -0.1) is 0 Å². The van der Waals surface area contributed by atoms with Crippen LogP contribution in [0, 0.1) is 6.92 Å². The largest absolute Gasteiger partial charge is 0.483 e. The number of nitrogens with two attached hydrogens (primary N) is 1. The second-order valence-corrected chi connectivity index (χ2v) is 5.25. The molecule has 4 nitrogen and oxygen atoms in total. The van der Waals surface area contributed by atoms with E-state index in [0.29, 0.717) is 17.3 Å². The third-order valence-corrected chi connectivity index (χ3v) is 3.69. The van der Waals surface area contributed by atoms with Gasteiger partial charge in [-0.05, 0) is 43.5 Å². The monoisotopic (exact) mass is 282 g/mol. The van der Waals surface area contributed by atoms with Gasteiger partial charge in [-0.2, -0.15) is 0 Å². The van der Waals surface area contributed by atoms with Crippen molar-refractivity contribution in [3.63, 3.8) is 0 Å². The zero-order valence-electron chi connectivity index (χ0n) is 11.1. The Morgan fingerprint density at radius 1 is 1.58 bits per heavy atom. The topological polar surface area (TPSA) is 55.6 Å². The Morgan fingerprint density at radius 2 is 2.37 bits per heavy atom. The number of carbonyl (C=O) groups excluding carboxylic acids is 1. The van der Waals surface area contributed by atoms with Crippen LogP contribution >= 0.6 is 11.6 Å². The number of ether oxygens (including phenoxy) is 1. The summed E-state index contributed by atoms with van der Waals surface area (Å²) in [6.45, 7) is 3.26. The Hall–Kier alpha value is -1.26. The SMILES string of the molecule is Cc1cc(Cl)ccc1OCC(=O)N1CCCC1CN. The first-order chi connectivity index (χ1) is 9.11. The molecule has 1 saturated heterocycles. The highest BCUT2D eigenvalue weighted by Gasteiger charge is 2.27. The van der Waals surface area contributed by atoms with Gasteiger partial charge in [0.15, 0.2) is 6.61 Å². The first-order valence-electron chi connectivity index (χ1n) is 6.50. The Bertz CT molecular complexity index is 465. The second kappa shape index (κ2) is 6.26. The molecule has 1 heterocycles. The van der Waals surface area contributed by atoms with E-state index in [4.69, 9.17) is 22.1 Å². The highest BCUT2D eigenvalue weighted by Crippen LogP contribution is 2.22. The van der Waals surface area contributed by atoms with Crippen LogP contribution in [0.25, 0.3) is 0 Å². The molecule has 0 spiro atoms. The van der Waals surface area contributed by atoms with E-state index in [9.17, 15) is 4.79 Å². The number of benzene rings is 1. The molecule has 2 rings (SSSR count). The highest BCUT2D eigenvalue weighted by atomic mass is 35.5. The first-order valence-corrected chi connectivity index (χ1v) is 6.88. The van der Waals surface area contributed by atoms with Crippen LogP contribution in [-0.2, 0) is 4.79 Å². The van der Waals surface area contributed by atoms with Gasteiger partial charge in [-0.25, -0.2) is 0 Å². The Balaban J connectivity index is 1.93. The van der Waals surface area contributed by atoms with Crippen molar-refractivity contribution in [3.05, 3.63) is 28.8 Å². The van der Waals surface area contributed by atoms with Crippen LogP contribution in [0.2, 0.25) is 5.02 Å². The van der Waals surface area contributed by atoms with Crippen molar-refractivity contribution in [1.29, 1.82) is 0 Å². The molecule has 1 amide bonds. The van der Waals surface area contributed by atoms with Gasteiger partial charge in [-0.3, -0.25) is 4.79 Å². The zero-order valence-corrected chi connectivity index (χ0v) is 11.8. The number of amides is 1. The van der Waals surface area contributed by atoms with Crippen molar-refractivity contribution in [3.8, 4) is 5.75 Å². The first kappa shape index (κ1) is 14.2. The molecule has 0 bridgehead atoms. The lowest BCUT2D eigenvalue weighted by Gasteiger charge is -2.23. The minimum atomic E-state index is 0.00213. The average molecular weight is 283 g/mol. The quantitative estimate of drug-likeness (QED) is 0.919. The van der Waals surface area contributed by atoms with Crippen LogP contribution in [-0.4, -0.2) is 36.5 Å². The number of hydrogen-bond acceptors (Lipinski definition) is 3. The van der Waals surface area contributed by atoms with Gasteiger partial charge < -0.3 is 15.4 Å². The van der Waals surface area contributed by atoms with Crippen LogP contribution in [0.3, 0.4) is 0 Å². The number of hydrogen-bond donors (Lipinski definition) is 1. The maximum absolute atomic E-state index is 12.1. The molecule has 5 heteroatoms. The molecular formula is C14H19ClN2O2. The lowest BCUT2D eigenvalue weighted by atomic mass is 10.2. The fourth-order valence-corrected chi connectivity index (χ4v) is 2.63. The van der Waals surface area contributed by atoms with Crippen molar-refractivity contribution >= 4 is 17.5 Å². The van der Waals surface area contributed by atoms with Crippen molar-refractivity contribution in [1.82, 2.24) is 4.90 Å². The van der Waals surface area contributed by atoms with Crippen LogP contribution in [0.5, 0.6) is 5.75 Å². The summed E-state index contributed by atoms with van der Waals surface area (Å²) >= 11 is 5.88. The summed E-state index contributed by atoms with van der Waals surface area (Å²) in [6.07, 6.45) is 2.01. The summed E-state index contributed by atoms with van der Waals surface area (Å²) in [5.74, 6) is 0.698. The fraction of sp³-hybridized carbons (Fsp3) is 0.500.